The van der Waals surface area contributed by atoms with E-state index in [4.69, 9.17) is 10.5 Å². The third-order valence-electron chi connectivity index (χ3n) is 2.68. The van der Waals surface area contributed by atoms with E-state index in [1.54, 1.807) is 23.0 Å². The van der Waals surface area contributed by atoms with Gasteiger partial charge in [-0.25, -0.2) is 4.98 Å². The number of hydrogen-bond acceptors (Lipinski definition) is 4. The quantitative estimate of drug-likeness (QED) is 0.806. The lowest BCUT2D eigenvalue weighted by atomic mass is 10.2. The van der Waals surface area contributed by atoms with E-state index in [9.17, 15) is 0 Å². The maximum absolute atomic E-state index is 5.73. The van der Waals surface area contributed by atoms with Crippen LogP contribution in [-0.4, -0.2) is 14.4 Å². The van der Waals surface area contributed by atoms with E-state index in [0.717, 1.165) is 10.0 Å². The van der Waals surface area contributed by atoms with E-state index < -0.39 is 0 Å². The van der Waals surface area contributed by atoms with Crippen molar-refractivity contribution in [2.24, 2.45) is 0 Å². The highest BCUT2D eigenvalue weighted by atomic mass is 79.9. The Kier molecular flexibility index (Phi) is 3.08. The van der Waals surface area contributed by atoms with Gasteiger partial charge in [0.2, 0.25) is 5.65 Å². The van der Waals surface area contributed by atoms with E-state index in [0.29, 0.717) is 24.0 Å². The molecule has 0 aliphatic heterocycles. The smallest absolute Gasteiger partial charge is 0.260 e. The molecule has 3 rings (SSSR count). The third kappa shape index (κ3) is 2.39. The fourth-order valence-corrected chi connectivity index (χ4v) is 2.18. The Morgan fingerprint density at radius 2 is 2.16 bits per heavy atom. The van der Waals surface area contributed by atoms with Crippen LogP contribution < -0.4 is 10.5 Å². The molecular weight excluding hydrogens is 308 g/mol. The number of nitrogen functional groups attached to an aromatic ring is 1. The molecule has 2 heterocycles. The highest BCUT2D eigenvalue weighted by Gasteiger charge is 2.08. The maximum Gasteiger partial charge on any atom is 0.260 e. The van der Waals surface area contributed by atoms with E-state index in [-0.39, 0.29) is 0 Å². The molecule has 0 fully saturated rings. The van der Waals surface area contributed by atoms with Crippen LogP contribution in [0.3, 0.4) is 0 Å². The van der Waals surface area contributed by atoms with Crippen LogP contribution >= 0.6 is 15.9 Å². The minimum absolute atomic E-state index is 0.396. The Bertz CT molecular complexity index is 725. The molecule has 0 radical (unpaired) electrons. The number of fused-ring (bicyclic) bond motifs is 1. The molecule has 1 aromatic carbocycles. The predicted molar refractivity (Wildman–Crippen MR) is 75.9 cm³/mol. The lowest BCUT2D eigenvalue weighted by Gasteiger charge is -2.08. The lowest BCUT2D eigenvalue weighted by molar-refractivity contribution is 0.295. The van der Waals surface area contributed by atoms with Crippen molar-refractivity contribution >= 4 is 27.4 Å². The molecule has 0 atom stereocenters. The monoisotopic (exact) mass is 318 g/mol. The summed E-state index contributed by atoms with van der Waals surface area (Å²) in [4.78, 5) is 8.38. The topological polar surface area (TPSA) is 65.4 Å². The molecule has 0 saturated carbocycles. The van der Waals surface area contributed by atoms with Gasteiger partial charge >= 0.3 is 0 Å². The Hall–Kier alpha value is -2.08. The van der Waals surface area contributed by atoms with Gasteiger partial charge in [0.15, 0.2) is 0 Å². The molecular formula is C13H11BrN4O. The van der Waals surface area contributed by atoms with Crippen LogP contribution in [0, 0.1) is 0 Å². The van der Waals surface area contributed by atoms with Crippen molar-refractivity contribution < 1.29 is 4.74 Å². The number of ether oxygens (including phenoxy) is 1. The number of hydrogen-bond donors (Lipinski definition) is 1. The minimum atomic E-state index is 0.396. The average molecular weight is 319 g/mol. The van der Waals surface area contributed by atoms with Gasteiger partial charge < -0.3 is 10.5 Å². The van der Waals surface area contributed by atoms with E-state index in [1.165, 1.54) is 0 Å². The van der Waals surface area contributed by atoms with Gasteiger partial charge in [-0.2, -0.15) is 4.98 Å². The van der Waals surface area contributed by atoms with Gasteiger partial charge in [0.1, 0.15) is 12.4 Å². The largest absolute Gasteiger partial charge is 0.470 e. The highest BCUT2D eigenvalue weighted by Crippen LogP contribution is 2.21. The Morgan fingerprint density at radius 3 is 3.00 bits per heavy atom. The fourth-order valence-electron chi connectivity index (χ4n) is 1.78. The van der Waals surface area contributed by atoms with Crippen molar-refractivity contribution in [3.05, 3.63) is 52.9 Å². The van der Waals surface area contributed by atoms with Crippen molar-refractivity contribution in [3.63, 3.8) is 0 Å². The molecule has 19 heavy (non-hydrogen) atoms. The number of nitrogens with zero attached hydrogens (tertiary/aromatic N) is 3. The fraction of sp³-hybridized carbons (Fsp3) is 0.0769. The lowest BCUT2D eigenvalue weighted by Crippen LogP contribution is -2.03. The number of benzene rings is 1. The molecule has 0 spiro atoms. The van der Waals surface area contributed by atoms with Crippen LogP contribution in [0.2, 0.25) is 0 Å². The third-order valence-corrected chi connectivity index (χ3v) is 3.46. The maximum atomic E-state index is 5.73. The predicted octanol–water partition coefficient (Wildman–Crippen LogP) is 2.65. The molecule has 2 aromatic heterocycles. The summed E-state index contributed by atoms with van der Waals surface area (Å²) in [5.74, 6) is 0.827. The Balaban J connectivity index is 1.90. The normalized spacial score (nSPS) is 10.8. The molecule has 0 aliphatic rings. The number of rotatable bonds is 3. The van der Waals surface area contributed by atoms with Crippen LogP contribution in [0.25, 0.3) is 5.65 Å². The summed E-state index contributed by atoms with van der Waals surface area (Å²) in [6, 6.07) is 7.87. The number of anilines is 1. The van der Waals surface area contributed by atoms with Gasteiger partial charge in [-0.15, -0.1) is 0 Å². The molecule has 6 heteroatoms. The molecule has 2 N–H and O–H groups in total. The van der Waals surface area contributed by atoms with Gasteiger partial charge in [0, 0.05) is 22.4 Å². The van der Waals surface area contributed by atoms with Gasteiger partial charge in [-0.3, -0.25) is 4.40 Å². The molecule has 0 unspecified atom stereocenters. The molecule has 0 saturated heterocycles. The van der Waals surface area contributed by atoms with Crippen LogP contribution in [0.15, 0.2) is 47.3 Å². The first-order valence-electron chi connectivity index (χ1n) is 5.69. The highest BCUT2D eigenvalue weighted by molar-refractivity contribution is 9.10. The molecule has 0 amide bonds. The average Bonchev–Trinajstić information content (AvgIpc) is 2.85. The van der Waals surface area contributed by atoms with Crippen LogP contribution in [-0.2, 0) is 6.61 Å². The zero-order valence-corrected chi connectivity index (χ0v) is 11.5. The first kappa shape index (κ1) is 12.0. The van der Waals surface area contributed by atoms with Crippen molar-refractivity contribution in [1.82, 2.24) is 14.4 Å². The summed E-state index contributed by atoms with van der Waals surface area (Å²) in [6.45, 7) is 0.403. The number of nitrogens with two attached hydrogens (primary N) is 1. The summed E-state index contributed by atoms with van der Waals surface area (Å²) in [5.41, 5.74) is 7.43. The summed E-state index contributed by atoms with van der Waals surface area (Å²) in [5, 5.41) is 0. The van der Waals surface area contributed by atoms with Gasteiger partial charge in [0.25, 0.3) is 5.88 Å². The second kappa shape index (κ2) is 4.89. The second-order valence-electron chi connectivity index (χ2n) is 4.01. The number of aromatic nitrogens is 3. The summed E-state index contributed by atoms with van der Waals surface area (Å²) < 4.78 is 8.51. The number of imidazole rings is 1. The summed E-state index contributed by atoms with van der Waals surface area (Å²) >= 11 is 3.48. The van der Waals surface area contributed by atoms with Crippen LogP contribution in [0.5, 0.6) is 5.88 Å². The van der Waals surface area contributed by atoms with Crippen molar-refractivity contribution in [2.45, 2.75) is 6.61 Å². The second-order valence-corrected chi connectivity index (χ2v) is 4.86. The molecule has 5 nitrogen and oxygen atoms in total. The van der Waals surface area contributed by atoms with Crippen LogP contribution in [0.4, 0.5) is 5.82 Å². The zero-order chi connectivity index (χ0) is 13.2. The van der Waals surface area contributed by atoms with Gasteiger partial charge in [0.05, 0.1) is 6.20 Å². The first-order chi connectivity index (χ1) is 9.24. The molecule has 96 valence electrons. The Labute approximate surface area is 118 Å². The number of halogens is 1. The summed E-state index contributed by atoms with van der Waals surface area (Å²) in [7, 11) is 0. The van der Waals surface area contributed by atoms with Crippen molar-refractivity contribution in [2.75, 3.05) is 5.73 Å². The van der Waals surface area contributed by atoms with Gasteiger partial charge in [-0.1, -0.05) is 34.1 Å². The van der Waals surface area contributed by atoms with E-state index in [2.05, 4.69) is 25.9 Å². The van der Waals surface area contributed by atoms with Crippen LogP contribution in [0.1, 0.15) is 5.56 Å². The molecule has 0 aliphatic carbocycles. The molecule has 0 bridgehead atoms. The zero-order valence-electron chi connectivity index (χ0n) is 9.95. The minimum Gasteiger partial charge on any atom is -0.470 e. The first-order valence-corrected chi connectivity index (χ1v) is 6.49. The molecule has 3 aromatic rings. The van der Waals surface area contributed by atoms with Crippen molar-refractivity contribution in [1.29, 1.82) is 0 Å². The standard InChI is InChI=1S/C13H11BrN4O/c14-10-4-2-1-3-9(10)8-19-13-12-16-5-6-18(12)7-11(15)17-13/h1-7H,8,15H2. The van der Waals surface area contributed by atoms with E-state index >= 15 is 0 Å². The van der Waals surface area contributed by atoms with Crippen molar-refractivity contribution in [3.8, 4) is 5.88 Å². The van der Waals surface area contributed by atoms with E-state index in [1.807, 2.05) is 24.3 Å². The van der Waals surface area contributed by atoms with Gasteiger partial charge in [-0.05, 0) is 6.07 Å². The summed E-state index contributed by atoms with van der Waals surface area (Å²) in [6.07, 6.45) is 5.19. The SMILES string of the molecule is Nc1cn2ccnc2c(OCc2ccccc2Br)n1. The Morgan fingerprint density at radius 1 is 1.32 bits per heavy atom.